The van der Waals surface area contributed by atoms with Crippen LogP contribution in [0.4, 0.5) is 0 Å². The average Bonchev–Trinajstić information content (AvgIpc) is 1.33. The van der Waals surface area contributed by atoms with Crippen molar-refractivity contribution in [3.63, 3.8) is 0 Å². The number of aromatic nitrogens is 6. The Kier molecular flexibility index (Phi) is 13.6. The Bertz CT molecular complexity index is 6040. The minimum absolute atomic E-state index is 0.644. The number of benzene rings is 16. The summed E-state index contributed by atoms with van der Waals surface area (Å²) in [4.78, 5) is 29.6. The van der Waals surface area contributed by atoms with Gasteiger partial charge in [-0.25, -0.2) is 29.9 Å². The first kappa shape index (κ1) is 56.6. The molecule has 0 atom stereocenters. The monoisotopic (exact) mass is 1270 g/mol. The maximum Gasteiger partial charge on any atom is 0.164 e. The summed E-state index contributed by atoms with van der Waals surface area (Å²) in [6.45, 7) is 0. The highest BCUT2D eigenvalue weighted by atomic mass is 32.1. The predicted molar refractivity (Wildman–Crippen MR) is 408 cm³/mol. The van der Waals surface area contributed by atoms with Gasteiger partial charge in [0, 0.05) is 64.3 Å². The van der Waals surface area contributed by atoms with Crippen molar-refractivity contribution < 1.29 is 4.42 Å². The first-order chi connectivity index (χ1) is 48.5. The van der Waals surface area contributed by atoms with E-state index in [9.17, 15) is 0 Å². The van der Waals surface area contributed by atoms with Gasteiger partial charge in [-0.2, -0.15) is 0 Å². The molecule has 0 saturated heterocycles. The molecule has 0 spiro atoms. The highest BCUT2D eigenvalue weighted by Crippen LogP contribution is 2.44. The third-order valence-electron chi connectivity index (χ3n) is 19.0. The maximum atomic E-state index is 6.21. The van der Waals surface area contributed by atoms with Crippen molar-refractivity contribution in [2.45, 2.75) is 0 Å². The number of thiophene rings is 1. The SMILES string of the molecule is c1ccc(-c2nc(-c3ccccc3)nc(-c3cccc(-c4ccc5c(ccc6ccc7c(ccc8oc9ccccc9c87)c65)c4)c3)n2)cc1.c1ccc(-c2nc(-c3ccccc3)nc(-c3cccc(-c4ccc5c(ccc6ccc7c(ccc8sc9ccccc9c87)c65)c4)c3)n2)cc1. The summed E-state index contributed by atoms with van der Waals surface area (Å²) in [5.74, 6) is 3.92. The molecule has 98 heavy (non-hydrogen) atoms. The summed E-state index contributed by atoms with van der Waals surface area (Å²) in [5, 5.41) is 20.0. The first-order valence-electron chi connectivity index (χ1n) is 32.9. The first-order valence-corrected chi connectivity index (χ1v) is 33.7. The van der Waals surface area contributed by atoms with E-state index >= 15 is 0 Å². The molecule has 20 rings (SSSR count). The van der Waals surface area contributed by atoms with Crippen LogP contribution in [0.2, 0.25) is 0 Å². The molecule has 0 N–H and O–H groups in total. The number of rotatable bonds is 8. The van der Waals surface area contributed by atoms with Gasteiger partial charge >= 0.3 is 0 Å². The molecule has 8 heteroatoms. The molecule has 4 heterocycles. The Balaban J connectivity index is 0.000000137. The lowest BCUT2D eigenvalue weighted by molar-refractivity contribution is 0.669. The van der Waals surface area contributed by atoms with Crippen molar-refractivity contribution in [1.29, 1.82) is 0 Å². The van der Waals surface area contributed by atoms with Crippen molar-refractivity contribution in [2.24, 2.45) is 0 Å². The third kappa shape index (κ3) is 9.97. The van der Waals surface area contributed by atoms with Crippen molar-refractivity contribution in [3.05, 3.63) is 328 Å². The Labute approximate surface area is 567 Å². The molecule has 0 fully saturated rings. The third-order valence-corrected chi connectivity index (χ3v) is 20.1. The summed E-state index contributed by atoms with van der Waals surface area (Å²) >= 11 is 1.87. The van der Waals surface area contributed by atoms with Crippen molar-refractivity contribution >= 4 is 118 Å². The van der Waals surface area contributed by atoms with E-state index in [4.69, 9.17) is 34.3 Å². The van der Waals surface area contributed by atoms with E-state index in [0.717, 1.165) is 72.2 Å². The van der Waals surface area contributed by atoms with Gasteiger partial charge in [0.1, 0.15) is 11.2 Å². The Morgan fingerprint density at radius 3 is 1.03 bits per heavy atom. The van der Waals surface area contributed by atoms with Gasteiger partial charge in [0.15, 0.2) is 34.9 Å². The zero-order valence-electron chi connectivity index (χ0n) is 52.7. The maximum absolute atomic E-state index is 6.21. The van der Waals surface area contributed by atoms with Crippen LogP contribution in [0.3, 0.4) is 0 Å². The fraction of sp³-hybridized carbons (Fsp3) is 0. The Morgan fingerprint density at radius 2 is 0.531 bits per heavy atom. The van der Waals surface area contributed by atoms with Gasteiger partial charge in [-0.05, 0) is 141 Å². The highest BCUT2D eigenvalue weighted by molar-refractivity contribution is 7.26. The van der Waals surface area contributed by atoms with Crippen LogP contribution in [0.5, 0.6) is 0 Å². The fourth-order valence-corrected chi connectivity index (χ4v) is 15.4. The molecule has 16 aromatic carbocycles. The summed E-state index contributed by atoms with van der Waals surface area (Å²) < 4.78 is 8.88. The molecule has 0 amide bonds. The molecule has 20 aromatic rings. The summed E-state index contributed by atoms with van der Waals surface area (Å²) in [5.41, 5.74) is 12.1. The Morgan fingerprint density at radius 1 is 0.184 bits per heavy atom. The lowest BCUT2D eigenvalue weighted by Gasteiger charge is -2.12. The molecule has 4 aromatic heterocycles. The standard InChI is InChI=1S/C45H27N3O.C45H27N3S/c2*1-3-10-29(11-4-1)43-46-44(30-12-5-2-6-13-30)48-45(47-43)34-15-9-14-31(27-34)32-21-22-35-33(26-32)19-18-28-20-23-37-36(41(28)35)24-25-40-42(37)38-16-7-8-17-39(38)49-40/h2*1-27H. The van der Waals surface area contributed by atoms with Gasteiger partial charge in [0.2, 0.25) is 0 Å². The minimum Gasteiger partial charge on any atom is -0.456 e. The van der Waals surface area contributed by atoms with Crippen LogP contribution in [-0.2, 0) is 0 Å². The van der Waals surface area contributed by atoms with Crippen molar-refractivity contribution in [3.8, 4) is 90.6 Å². The number of hydrogen-bond donors (Lipinski definition) is 0. The normalized spacial score (nSPS) is 11.7. The molecule has 456 valence electrons. The van der Waals surface area contributed by atoms with Crippen LogP contribution < -0.4 is 0 Å². The number of para-hydroxylation sites is 1. The van der Waals surface area contributed by atoms with E-state index in [2.05, 4.69) is 194 Å². The lowest BCUT2D eigenvalue weighted by Crippen LogP contribution is -2.00. The lowest BCUT2D eigenvalue weighted by atomic mass is 9.92. The topological polar surface area (TPSA) is 90.5 Å². The fourth-order valence-electron chi connectivity index (χ4n) is 14.3. The quantitative estimate of drug-likeness (QED) is 0.140. The number of hydrogen-bond acceptors (Lipinski definition) is 8. The van der Waals surface area contributed by atoms with E-state index in [1.54, 1.807) is 0 Å². The molecule has 0 unspecified atom stereocenters. The van der Waals surface area contributed by atoms with Gasteiger partial charge in [-0.3, -0.25) is 0 Å². The smallest absolute Gasteiger partial charge is 0.164 e. The van der Waals surface area contributed by atoms with Crippen molar-refractivity contribution in [2.75, 3.05) is 0 Å². The second-order valence-electron chi connectivity index (χ2n) is 24.8. The summed E-state index contributed by atoms with van der Waals surface area (Å²) in [6.07, 6.45) is 0. The van der Waals surface area contributed by atoms with Gasteiger partial charge in [-0.15, -0.1) is 11.3 Å². The number of furan rings is 1. The number of nitrogens with zero attached hydrogens (tertiary/aromatic N) is 6. The molecule has 0 aliphatic rings. The van der Waals surface area contributed by atoms with Crippen LogP contribution in [0.1, 0.15) is 0 Å². The zero-order chi connectivity index (χ0) is 64.6. The van der Waals surface area contributed by atoms with Crippen LogP contribution in [0.15, 0.2) is 332 Å². The van der Waals surface area contributed by atoms with Gasteiger partial charge in [0.25, 0.3) is 0 Å². The molecule has 0 saturated carbocycles. The zero-order valence-corrected chi connectivity index (χ0v) is 53.5. The highest BCUT2D eigenvalue weighted by Gasteiger charge is 2.19. The molecule has 0 bridgehead atoms. The molecule has 0 aliphatic heterocycles. The van der Waals surface area contributed by atoms with E-state index in [1.165, 1.54) is 90.2 Å². The van der Waals surface area contributed by atoms with Crippen LogP contribution in [0, 0.1) is 0 Å². The van der Waals surface area contributed by atoms with E-state index in [-0.39, 0.29) is 0 Å². The van der Waals surface area contributed by atoms with E-state index in [0.29, 0.717) is 34.9 Å². The van der Waals surface area contributed by atoms with E-state index < -0.39 is 0 Å². The number of fused-ring (bicyclic) bond motifs is 18. The Hall–Kier alpha value is -12.9. The predicted octanol–water partition coefficient (Wildman–Crippen LogP) is 24.3. The van der Waals surface area contributed by atoms with Crippen LogP contribution in [-0.4, -0.2) is 29.9 Å². The minimum atomic E-state index is 0.644. The van der Waals surface area contributed by atoms with Gasteiger partial charge in [0.05, 0.1) is 0 Å². The molecule has 0 aliphatic carbocycles. The van der Waals surface area contributed by atoms with Crippen molar-refractivity contribution in [1.82, 2.24) is 29.9 Å². The van der Waals surface area contributed by atoms with E-state index in [1.807, 2.05) is 145 Å². The second kappa shape index (κ2) is 23.5. The van der Waals surface area contributed by atoms with Crippen LogP contribution >= 0.6 is 11.3 Å². The van der Waals surface area contributed by atoms with Crippen LogP contribution in [0.25, 0.3) is 197 Å². The molecule has 0 radical (unpaired) electrons. The second-order valence-corrected chi connectivity index (χ2v) is 25.9. The summed E-state index contributed by atoms with van der Waals surface area (Å²) in [7, 11) is 0. The largest absolute Gasteiger partial charge is 0.456 e. The van der Waals surface area contributed by atoms with Gasteiger partial charge in [-0.1, -0.05) is 273 Å². The average molecular weight is 1270 g/mol. The molecular formula is C90H54N6OS. The molecular weight excluding hydrogens is 1210 g/mol. The molecule has 7 nitrogen and oxygen atoms in total. The summed E-state index contributed by atoms with van der Waals surface area (Å²) in [6, 6.07) is 115. The van der Waals surface area contributed by atoms with Gasteiger partial charge < -0.3 is 4.42 Å².